The van der Waals surface area contributed by atoms with Crippen molar-refractivity contribution < 1.29 is 9.53 Å². The predicted molar refractivity (Wildman–Crippen MR) is 111 cm³/mol. The van der Waals surface area contributed by atoms with Gasteiger partial charge in [-0.05, 0) is 43.3 Å². The van der Waals surface area contributed by atoms with Gasteiger partial charge in [0.15, 0.2) is 11.0 Å². The van der Waals surface area contributed by atoms with Gasteiger partial charge in [0.2, 0.25) is 5.91 Å². The molecule has 0 radical (unpaired) electrons. The van der Waals surface area contributed by atoms with Crippen molar-refractivity contribution in [2.45, 2.75) is 12.1 Å². The summed E-state index contributed by atoms with van der Waals surface area (Å²) in [7, 11) is 1.89. The lowest BCUT2D eigenvalue weighted by atomic mass is 10.2. The molecule has 0 unspecified atom stereocenters. The van der Waals surface area contributed by atoms with Crippen molar-refractivity contribution in [1.29, 1.82) is 0 Å². The minimum Gasteiger partial charge on any atom is -0.494 e. The molecule has 6 nitrogen and oxygen atoms in total. The highest BCUT2D eigenvalue weighted by atomic mass is 79.9. The van der Waals surface area contributed by atoms with Crippen molar-refractivity contribution >= 4 is 39.3 Å². The minimum atomic E-state index is -0.0997. The maximum Gasteiger partial charge on any atom is 0.234 e. The molecule has 0 saturated carbocycles. The average molecular weight is 447 g/mol. The van der Waals surface area contributed by atoms with E-state index in [2.05, 4.69) is 31.4 Å². The van der Waals surface area contributed by atoms with Gasteiger partial charge in [-0.25, -0.2) is 0 Å². The lowest BCUT2D eigenvalue weighted by Gasteiger charge is -2.07. The van der Waals surface area contributed by atoms with E-state index in [1.54, 1.807) is 0 Å². The fourth-order valence-corrected chi connectivity index (χ4v) is 3.39. The lowest BCUT2D eigenvalue weighted by Crippen LogP contribution is -2.14. The van der Waals surface area contributed by atoms with E-state index in [0.717, 1.165) is 27.3 Å². The number of ether oxygens (including phenoxy) is 1. The number of rotatable bonds is 7. The molecule has 140 valence electrons. The summed E-state index contributed by atoms with van der Waals surface area (Å²) in [6.45, 7) is 2.55. The molecule has 3 aromatic rings. The Morgan fingerprint density at radius 1 is 1.15 bits per heavy atom. The van der Waals surface area contributed by atoms with Gasteiger partial charge in [0.25, 0.3) is 0 Å². The van der Waals surface area contributed by atoms with Gasteiger partial charge in [-0.3, -0.25) is 4.79 Å². The molecule has 0 atom stereocenters. The summed E-state index contributed by atoms with van der Waals surface area (Å²) in [5, 5.41) is 12.0. The van der Waals surface area contributed by atoms with Crippen molar-refractivity contribution in [3.05, 3.63) is 53.0 Å². The first kappa shape index (κ1) is 19.4. The second-order valence-electron chi connectivity index (χ2n) is 5.67. The molecular weight excluding hydrogens is 428 g/mol. The molecule has 1 aromatic heterocycles. The topological polar surface area (TPSA) is 69.0 Å². The number of anilines is 1. The van der Waals surface area contributed by atoms with Crippen molar-refractivity contribution in [1.82, 2.24) is 14.8 Å². The van der Waals surface area contributed by atoms with Gasteiger partial charge in [0.05, 0.1) is 12.4 Å². The first-order valence-corrected chi connectivity index (χ1v) is 10.2. The second kappa shape index (κ2) is 9.05. The molecule has 27 heavy (non-hydrogen) atoms. The van der Waals surface area contributed by atoms with Crippen LogP contribution in [-0.4, -0.2) is 33.0 Å². The molecule has 1 amide bonds. The first-order chi connectivity index (χ1) is 13.1. The Morgan fingerprint density at radius 2 is 1.85 bits per heavy atom. The van der Waals surface area contributed by atoms with Crippen LogP contribution in [-0.2, 0) is 11.8 Å². The van der Waals surface area contributed by atoms with E-state index >= 15 is 0 Å². The Bertz CT molecular complexity index is 910. The summed E-state index contributed by atoms with van der Waals surface area (Å²) in [5.41, 5.74) is 1.71. The van der Waals surface area contributed by atoms with E-state index in [1.807, 2.05) is 67.1 Å². The zero-order valence-electron chi connectivity index (χ0n) is 15.0. The molecule has 0 aliphatic heterocycles. The Kier molecular flexibility index (Phi) is 6.52. The van der Waals surface area contributed by atoms with Crippen LogP contribution in [0.1, 0.15) is 6.92 Å². The fraction of sp³-hybridized carbons (Fsp3) is 0.211. The number of amides is 1. The monoisotopic (exact) mass is 446 g/mol. The Labute approximate surface area is 170 Å². The van der Waals surface area contributed by atoms with E-state index in [4.69, 9.17) is 4.74 Å². The summed E-state index contributed by atoms with van der Waals surface area (Å²) in [6, 6.07) is 15.2. The quantitative estimate of drug-likeness (QED) is 0.545. The molecule has 1 N–H and O–H groups in total. The largest absolute Gasteiger partial charge is 0.494 e. The minimum absolute atomic E-state index is 0.0997. The third kappa shape index (κ3) is 5.11. The normalized spacial score (nSPS) is 10.6. The Morgan fingerprint density at radius 3 is 2.52 bits per heavy atom. The number of carbonyl (C=O) groups is 1. The maximum atomic E-state index is 12.2. The summed E-state index contributed by atoms with van der Waals surface area (Å²) in [4.78, 5) is 12.2. The number of benzene rings is 2. The highest BCUT2D eigenvalue weighted by Gasteiger charge is 2.13. The van der Waals surface area contributed by atoms with Crippen molar-refractivity contribution in [3.63, 3.8) is 0 Å². The number of halogens is 1. The summed E-state index contributed by atoms with van der Waals surface area (Å²) < 4.78 is 8.29. The third-order valence-electron chi connectivity index (χ3n) is 3.72. The molecule has 0 saturated heterocycles. The Hall–Kier alpha value is -2.32. The number of hydrogen-bond acceptors (Lipinski definition) is 5. The van der Waals surface area contributed by atoms with Crippen LogP contribution in [0.2, 0.25) is 0 Å². The fourth-order valence-electron chi connectivity index (χ4n) is 2.42. The highest BCUT2D eigenvalue weighted by Crippen LogP contribution is 2.24. The van der Waals surface area contributed by atoms with Crippen molar-refractivity contribution in [2.75, 3.05) is 17.7 Å². The molecule has 0 spiro atoms. The zero-order valence-corrected chi connectivity index (χ0v) is 17.4. The molecule has 0 aliphatic carbocycles. The number of hydrogen-bond donors (Lipinski definition) is 1. The zero-order chi connectivity index (χ0) is 19.2. The molecule has 2 aromatic carbocycles. The van der Waals surface area contributed by atoms with Crippen molar-refractivity contribution in [2.24, 2.45) is 7.05 Å². The number of nitrogens with one attached hydrogen (secondary N) is 1. The summed E-state index contributed by atoms with van der Waals surface area (Å²) >= 11 is 4.77. The number of thioether (sulfide) groups is 1. The van der Waals surface area contributed by atoms with E-state index in [9.17, 15) is 4.79 Å². The van der Waals surface area contributed by atoms with Crippen LogP contribution in [0.15, 0.2) is 58.2 Å². The number of aromatic nitrogens is 3. The van der Waals surface area contributed by atoms with Crippen LogP contribution in [0.4, 0.5) is 5.69 Å². The van der Waals surface area contributed by atoms with Gasteiger partial charge in [-0.2, -0.15) is 0 Å². The predicted octanol–water partition coefficient (Wildman–Crippen LogP) is 4.37. The third-order valence-corrected chi connectivity index (χ3v) is 5.27. The van der Waals surface area contributed by atoms with Gasteiger partial charge < -0.3 is 14.6 Å². The molecule has 0 bridgehead atoms. The molecule has 0 fully saturated rings. The van der Waals surface area contributed by atoms with Gasteiger partial charge >= 0.3 is 0 Å². The maximum absolute atomic E-state index is 12.2. The van der Waals surface area contributed by atoms with Crippen LogP contribution < -0.4 is 10.1 Å². The van der Waals surface area contributed by atoms with E-state index in [0.29, 0.717) is 11.8 Å². The number of nitrogens with zero attached hydrogens (tertiary/aromatic N) is 3. The van der Waals surface area contributed by atoms with Gasteiger partial charge in [-0.15, -0.1) is 10.2 Å². The van der Waals surface area contributed by atoms with E-state index < -0.39 is 0 Å². The van der Waals surface area contributed by atoms with Crippen LogP contribution in [0.5, 0.6) is 5.75 Å². The van der Waals surface area contributed by atoms with Crippen LogP contribution in [0.25, 0.3) is 11.4 Å². The van der Waals surface area contributed by atoms with Gasteiger partial charge in [-0.1, -0.05) is 39.8 Å². The van der Waals surface area contributed by atoms with Gasteiger partial charge in [0, 0.05) is 22.8 Å². The molecule has 1 heterocycles. The second-order valence-corrected chi connectivity index (χ2v) is 7.52. The van der Waals surface area contributed by atoms with Crippen molar-refractivity contribution in [3.8, 4) is 17.1 Å². The van der Waals surface area contributed by atoms with Gasteiger partial charge in [0.1, 0.15) is 5.75 Å². The van der Waals surface area contributed by atoms with E-state index in [1.165, 1.54) is 11.8 Å². The molecule has 0 aliphatic rings. The Balaban J connectivity index is 1.58. The van der Waals surface area contributed by atoms with Crippen LogP contribution in [0.3, 0.4) is 0 Å². The molecule has 3 rings (SSSR count). The summed E-state index contributed by atoms with van der Waals surface area (Å²) in [6.07, 6.45) is 0. The summed E-state index contributed by atoms with van der Waals surface area (Å²) in [5.74, 6) is 1.69. The SMILES string of the molecule is CCOc1ccc(NC(=O)CSc2nnc(-c3ccc(Br)cc3)n2C)cc1. The van der Waals surface area contributed by atoms with E-state index in [-0.39, 0.29) is 11.7 Å². The lowest BCUT2D eigenvalue weighted by molar-refractivity contribution is -0.113. The number of carbonyl (C=O) groups excluding carboxylic acids is 1. The average Bonchev–Trinajstić information content (AvgIpc) is 3.03. The first-order valence-electron chi connectivity index (χ1n) is 8.37. The smallest absolute Gasteiger partial charge is 0.234 e. The van der Waals surface area contributed by atoms with Crippen LogP contribution in [0, 0.1) is 0 Å². The van der Waals surface area contributed by atoms with Crippen LogP contribution >= 0.6 is 27.7 Å². The molecular formula is C19H19BrN4O2S. The standard InChI is InChI=1S/C19H19BrN4O2S/c1-3-26-16-10-8-15(9-11-16)21-17(25)12-27-19-23-22-18(24(19)2)13-4-6-14(20)7-5-13/h4-11H,3,12H2,1-2H3,(H,21,25). The molecule has 8 heteroatoms. The highest BCUT2D eigenvalue weighted by molar-refractivity contribution is 9.10.